The normalized spacial score (nSPS) is 19.5. The van der Waals surface area contributed by atoms with Gasteiger partial charge < -0.3 is 20.9 Å². The van der Waals surface area contributed by atoms with Crippen LogP contribution in [-0.2, 0) is 20.8 Å². The van der Waals surface area contributed by atoms with E-state index < -0.39 is 18.1 Å². The predicted octanol–water partition coefficient (Wildman–Crippen LogP) is 2.05. The average Bonchev–Trinajstić information content (AvgIpc) is 3.28. The van der Waals surface area contributed by atoms with Crippen LogP contribution in [0, 0.1) is 12.3 Å². The molecule has 0 spiro atoms. The van der Waals surface area contributed by atoms with E-state index in [4.69, 9.17) is 6.42 Å². The number of rotatable bonds is 7. The Balaban J connectivity index is 0. The van der Waals surface area contributed by atoms with Crippen molar-refractivity contribution in [2.45, 2.75) is 69.6 Å². The zero-order chi connectivity index (χ0) is 22.4. The molecule has 1 fully saturated rings. The van der Waals surface area contributed by atoms with Crippen molar-refractivity contribution in [3.05, 3.63) is 35.4 Å². The number of hydrogen-bond donors (Lipinski definition) is 3. The van der Waals surface area contributed by atoms with E-state index in [2.05, 4.69) is 34.0 Å². The van der Waals surface area contributed by atoms with E-state index in [0.29, 0.717) is 13.0 Å². The zero-order valence-electron chi connectivity index (χ0n) is 20.2. The number of aryl methyl sites for hydroxylation is 1. The maximum atomic E-state index is 13.2. The van der Waals surface area contributed by atoms with Gasteiger partial charge in [0.05, 0.1) is 12.1 Å². The summed E-state index contributed by atoms with van der Waals surface area (Å²) in [5, 5.41) is 8.75. The van der Waals surface area contributed by atoms with E-state index >= 15 is 0 Å². The van der Waals surface area contributed by atoms with E-state index in [1.807, 2.05) is 12.1 Å². The summed E-state index contributed by atoms with van der Waals surface area (Å²) in [4.78, 5) is 40.2. The van der Waals surface area contributed by atoms with Crippen molar-refractivity contribution in [3.63, 3.8) is 0 Å². The maximum Gasteiger partial charge on any atom is 0.246 e. The molecule has 35 heavy (non-hydrogen) atoms. The number of nitrogens with zero attached hydrogens (tertiary/aromatic N) is 1. The Morgan fingerprint density at radius 2 is 1.83 bits per heavy atom. The molecule has 3 rings (SSSR count). The number of halogens is 1. The highest BCUT2D eigenvalue weighted by molar-refractivity contribution is 7.59. The fraction of sp³-hybridized carbons (Fsp3) is 0.542. The standard InChI is InChI=1S/C24H32N4O3.ClH.3H2S/c1-4-9-20(27-22(29)16(2)25-3)24(31)28-15-8-14-21(28)23(30)26-19-13-7-11-17-10-5-6-12-18(17)19;;;;/h1,5-6,10,12,16,19-21,25H,7-9,11,13-15H2,2-3H3,(H,26,30)(H,27,29);1H;3*1H2/t16-,19+,20-,21-;;;;/m0..../s1. The van der Waals surface area contributed by atoms with E-state index in [0.717, 1.165) is 31.2 Å². The number of carbonyl (C=O) groups is 3. The highest BCUT2D eigenvalue weighted by Gasteiger charge is 2.38. The summed E-state index contributed by atoms with van der Waals surface area (Å²) in [5.41, 5.74) is 2.44. The van der Waals surface area contributed by atoms with Crippen molar-refractivity contribution in [1.29, 1.82) is 0 Å². The molecule has 1 aliphatic heterocycles. The van der Waals surface area contributed by atoms with Crippen LogP contribution in [0.4, 0.5) is 0 Å². The highest BCUT2D eigenvalue weighted by Crippen LogP contribution is 2.30. The molecule has 1 heterocycles. The highest BCUT2D eigenvalue weighted by atomic mass is 35.5. The van der Waals surface area contributed by atoms with Gasteiger partial charge in [0.15, 0.2) is 0 Å². The lowest BCUT2D eigenvalue weighted by molar-refractivity contribution is -0.141. The van der Waals surface area contributed by atoms with Crippen molar-refractivity contribution in [2.24, 2.45) is 0 Å². The molecule has 3 N–H and O–H groups in total. The first kappa shape index (κ1) is 35.7. The number of likely N-dealkylation sites (tertiary alicyclic amines) is 1. The third kappa shape index (κ3) is 8.83. The van der Waals surface area contributed by atoms with Crippen LogP contribution in [0.15, 0.2) is 24.3 Å². The summed E-state index contributed by atoms with van der Waals surface area (Å²) in [6.45, 7) is 2.19. The third-order valence-corrected chi connectivity index (χ3v) is 6.29. The molecule has 0 unspecified atom stereocenters. The molecule has 198 valence electrons. The molecule has 1 saturated heterocycles. The van der Waals surface area contributed by atoms with Crippen molar-refractivity contribution in [3.8, 4) is 12.3 Å². The second kappa shape index (κ2) is 17.0. The summed E-state index contributed by atoms with van der Waals surface area (Å²) in [6, 6.07) is 6.34. The quantitative estimate of drug-likeness (QED) is 0.444. The predicted molar refractivity (Wildman–Crippen MR) is 157 cm³/mol. The molecule has 0 saturated carbocycles. The minimum Gasteiger partial charge on any atom is -0.347 e. The molecule has 0 bridgehead atoms. The van der Waals surface area contributed by atoms with Gasteiger partial charge in [0, 0.05) is 13.0 Å². The van der Waals surface area contributed by atoms with Gasteiger partial charge in [-0.05, 0) is 57.2 Å². The van der Waals surface area contributed by atoms with Crippen LogP contribution in [0.2, 0.25) is 0 Å². The Labute approximate surface area is 236 Å². The summed E-state index contributed by atoms with van der Waals surface area (Å²) in [7, 11) is 1.67. The van der Waals surface area contributed by atoms with Crippen LogP contribution in [-0.4, -0.2) is 54.3 Å². The van der Waals surface area contributed by atoms with Gasteiger partial charge >= 0.3 is 0 Å². The topological polar surface area (TPSA) is 90.5 Å². The summed E-state index contributed by atoms with van der Waals surface area (Å²) in [6.07, 6.45) is 9.82. The first-order chi connectivity index (χ1) is 15.0. The first-order valence-corrected chi connectivity index (χ1v) is 11.1. The van der Waals surface area contributed by atoms with Crippen LogP contribution in [0.5, 0.6) is 0 Å². The van der Waals surface area contributed by atoms with Gasteiger partial charge in [-0.1, -0.05) is 24.3 Å². The van der Waals surface area contributed by atoms with Gasteiger partial charge in [-0.2, -0.15) is 40.5 Å². The number of likely N-dealkylation sites (N-methyl/N-ethyl adjacent to an activating group) is 1. The van der Waals surface area contributed by atoms with Crippen molar-refractivity contribution < 1.29 is 14.4 Å². The van der Waals surface area contributed by atoms with Gasteiger partial charge in [-0.25, -0.2) is 0 Å². The Kier molecular flexibility index (Phi) is 17.4. The molecule has 4 atom stereocenters. The Morgan fingerprint density at radius 1 is 1.14 bits per heavy atom. The van der Waals surface area contributed by atoms with E-state index in [1.54, 1.807) is 18.9 Å². The number of terminal acetylenes is 1. The van der Waals surface area contributed by atoms with E-state index in [1.165, 1.54) is 5.56 Å². The van der Waals surface area contributed by atoms with E-state index in [-0.39, 0.29) is 83.1 Å². The van der Waals surface area contributed by atoms with Crippen LogP contribution in [0.3, 0.4) is 0 Å². The summed E-state index contributed by atoms with van der Waals surface area (Å²) in [5.74, 6) is 1.74. The van der Waals surface area contributed by atoms with Gasteiger partial charge in [0.2, 0.25) is 17.7 Å². The smallest absolute Gasteiger partial charge is 0.246 e. The molecule has 1 aromatic rings. The van der Waals surface area contributed by atoms with Crippen molar-refractivity contribution in [2.75, 3.05) is 13.6 Å². The molecule has 0 radical (unpaired) electrons. The van der Waals surface area contributed by atoms with Crippen molar-refractivity contribution >= 4 is 70.6 Å². The Bertz CT molecular complexity index is 884. The van der Waals surface area contributed by atoms with Gasteiger partial charge in [-0.15, -0.1) is 24.8 Å². The average molecular weight is 563 g/mol. The van der Waals surface area contributed by atoms with Crippen molar-refractivity contribution in [1.82, 2.24) is 20.9 Å². The molecule has 7 nitrogen and oxygen atoms in total. The number of benzene rings is 1. The lowest BCUT2D eigenvalue weighted by atomic mass is 9.87. The van der Waals surface area contributed by atoms with Crippen LogP contribution < -0.4 is 16.0 Å². The number of hydrogen-bond acceptors (Lipinski definition) is 4. The fourth-order valence-corrected chi connectivity index (χ4v) is 4.42. The SMILES string of the molecule is C#CC[C@H](NC(=O)[C@H](C)NC)C(=O)N1CCC[C@H]1C(=O)N[C@@H]1CCCc2ccccc21.Cl.S.S.S. The molecule has 1 aliphatic carbocycles. The third-order valence-electron chi connectivity index (χ3n) is 6.29. The Hall–Kier alpha value is -1.51. The van der Waals surface area contributed by atoms with E-state index in [9.17, 15) is 14.4 Å². The summed E-state index contributed by atoms with van der Waals surface area (Å²) < 4.78 is 0. The van der Waals surface area contributed by atoms with Crippen LogP contribution in [0.1, 0.15) is 56.2 Å². The molecule has 3 amide bonds. The molecule has 0 aromatic heterocycles. The number of carbonyl (C=O) groups excluding carboxylic acids is 3. The first-order valence-electron chi connectivity index (χ1n) is 11.1. The largest absolute Gasteiger partial charge is 0.347 e. The molecular formula is C24H39ClN4O3S3. The molecule has 1 aromatic carbocycles. The number of fused-ring (bicyclic) bond motifs is 1. The molecular weight excluding hydrogens is 524 g/mol. The lowest BCUT2D eigenvalue weighted by Gasteiger charge is -2.31. The second-order valence-electron chi connectivity index (χ2n) is 8.32. The molecule has 11 heteroatoms. The zero-order valence-corrected chi connectivity index (χ0v) is 24.0. The van der Waals surface area contributed by atoms with Crippen LogP contribution in [0.25, 0.3) is 0 Å². The lowest BCUT2D eigenvalue weighted by Crippen LogP contribution is -2.55. The number of nitrogens with one attached hydrogen (secondary N) is 3. The van der Waals surface area contributed by atoms with Gasteiger partial charge in [0.1, 0.15) is 12.1 Å². The molecule has 2 aliphatic rings. The number of amides is 3. The summed E-state index contributed by atoms with van der Waals surface area (Å²) >= 11 is 0. The minimum absolute atomic E-state index is 0. The van der Waals surface area contributed by atoms with Crippen LogP contribution >= 0.6 is 52.9 Å². The van der Waals surface area contributed by atoms with Gasteiger partial charge in [-0.3, -0.25) is 14.4 Å². The Morgan fingerprint density at radius 3 is 2.49 bits per heavy atom. The second-order valence-corrected chi connectivity index (χ2v) is 8.32. The fourth-order valence-electron chi connectivity index (χ4n) is 4.42. The minimum atomic E-state index is -0.836. The maximum absolute atomic E-state index is 13.2. The van der Waals surface area contributed by atoms with Gasteiger partial charge in [0.25, 0.3) is 0 Å². The monoisotopic (exact) mass is 562 g/mol.